The van der Waals surface area contributed by atoms with Crippen molar-refractivity contribution in [2.24, 2.45) is 0 Å². The number of H-pyrrole nitrogens is 1. The molecule has 1 heterocycles. The summed E-state index contributed by atoms with van der Waals surface area (Å²) in [5.74, 6) is 0.160. The molecule has 32 heavy (non-hydrogen) atoms. The third-order valence-corrected chi connectivity index (χ3v) is 6.06. The van der Waals surface area contributed by atoms with Gasteiger partial charge in [-0.1, -0.05) is 47.7 Å². The molecule has 3 aromatic rings. The third-order valence-electron chi connectivity index (χ3n) is 5.10. The van der Waals surface area contributed by atoms with Crippen LogP contribution in [0.4, 0.5) is 0 Å². The van der Waals surface area contributed by atoms with Crippen molar-refractivity contribution in [2.45, 2.75) is 19.3 Å². The van der Waals surface area contributed by atoms with Crippen LogP contribution >= 0.6 is 23.7 Å². The summed E-state index contributed by atoms with van der Waals surface area (Å²) in [6.45, 7) is 3.06. The van der Waals surface area contributed by atoms with Crippen LogP contribution in [0.3, 0.4) is 0 Å². The van der Waals surface area contributed by atoms with Gasteiger partial charge in [-0.3, -0.25) is 9.59 Å². The summed E-state index contributed by atoms with van der Waals surface area (Å²) in [5.41, 5.74) is 2.75. The Labute approximate surface area is 197 Å². The molecule has 2 aromatic carbocycles. The molecule has 0 unspecified atom stereocenters. The van der Waals surface area contributed by atoms with E-state index in [0.717, 1.165) is 41.0 Å². The maximum absolute atomic E-state index is 12.2. The van der Waals surface area contributed by atoms with E-state index in [0.29, 0.717) is 38.2 Å². The van der Waals surface area contributed by atoms with Crippen molar-refractivity contribution in [3.8, 4) is 5.75 Å². The van der Waals surface area contributed by atoms with Crippen molar-refractivity contribution in [3.05, 3.63) is 63.3 Å². The molecule has 174 valence electrons. The van der Waals surface area contributed by atoms with Crippen LogP contribution in [-0.4, -0.2) is 60.8 Å². The Bertz CT molecular complexity index is 1040. The fourth-order valence-electron chi connectivity index (χ4n) is 3.28. The maximum Gasteiger partial charge on any atom is 0.305 e. The number of carbonyl (C=O) groups excluding carboxylic acids is 1. The molecular weight excluding hydrogens is 450 g/mol. The number of phenolic OH excluding ortho intramolecular Hbond substituents is 1. The number of amides is 1. The first-order valence-electron chi connectivity index (χ1n) is 10.4. The van der Waals surface area contributed by atoms with Crippen LogP contribution in [0, 0.1) is 0 Å². The number of aromatic amines is 1. The first-order valence-corrected chi connectivity index (χ1v) is 11.3. The van der Waals surface area contributed by atoms with Crippen LogP contribution in [-0.2, 0) is 22.4 Å². The van der Waals surface area contributed by atoms with Crippen LogP contribution in [0.5, 0.6) is 5.75 Å². The van der Waals surface area contributed by atoms with Crippen molar-refractivity contribution in [1.29, 1.82) is 0 Å². The molecule has 3 rings (SSSR count). The van der Waals surface area contributed by atoms with E-state index in [1.54, 1.807) is 18.0 Å². The number of fused-ring (bicyclic) bond motifs is 1. The fraction of sp³-hybridized carbons (Fsp3) is 0.391. The van der Waals surface area contributed by atoms with Crippen LogP contribution in [0.2, 0.25) is 0 Å². The van der Waals surface area contributed by atoms with Crippen molar-refractivity contribution in [1.82, 2.24) is 15.2 Å². The number of halogens is 1. The lowest BCUT2D eigenvalue weighted by Gasteiger charge is -2.17. The van der Waals surface area contributed by atoms with Crippen molar-refractivity contribution < 1.29 is 14.6 Å². The van der Waals surface area contributed by atoms with Crippen molar-refractivity contribution >= 4 is 39.9 Å². The van der Waals surface area contributed by atoms with Gasteiger partial charge in [0.15, 0.2) is 0 Å². The smallest absolute Gasteiger partial charge is 0.305 e. The number of nitrogens with zero attached hydrogens (tertiary/aromatic N) is 1. The Morgan fingerprint density at radius 1 is 1.12 bits per heavy atom. The Morgan fingerprint density at radius 2 is 1.91 bits per heavy atom. The normalized spacial score (nSPS) is 10.8. The van der Waals surface area contributed by atoms with Gasteiger partial charge in [0.25, 0.3) is 0 Å². The molecule has 0 atom stereocenters. The van der Waals surface area contributed by atoms with Gasteiger partial charge in [-0.05, 0) is 36.6 Å². The van der Waals surface area contributed by atoms with Gasteiger partial charge in [-0.2, -0.15) is 0 Å². The molecule has 0 aliphatic rings. The molecular formula is C23H30ClN3O4S. The monoisotopic (exact) mass is 479 g/mol. The number of benzene rings is 2. The van der Waals surface area contributed by atoms with Gasteiger partial charge in [0.1, 0.15) is 11.3 Å². The summed E-state index contributed by atoms with van der Waals surface area (Å²) < 4.78 is 6.39. The van der Waals surface area contributed by atoms with Crippen LogP contribution in [0.15, 0.2) is 47.3 Å². The first-order chi connectivity index (χ1) is 15.0. The quantitative estimate of drug-likeness (QED) is 0.347. The van der Waals surface area contributed by atoms with E-state index in [4.69, 9.17) is 4.74 Å². The average Bonchev–Trinajstić information content (AvgIpc) is 3.17. The number of hydrogen-bond acceptors (Lipinski definition) is 6. The number of aromatic hydroxyl groups is 1. The highest BCUT2D eigenvalue weighted by Crippen LogP contribution is 2.27. The minimum atomic E-state index is -0.171. The number of ether oxygens (including phenoxy) is 1. The lowest BCUT2D eigenvalue weighted by atomic mass is 10.1. The van der Waals surface area contributed by atoms with Crippen molar-refractivity contribution in [3.63, 3.8) is 0 Å². The summed E-state index contributed by atoms with van der Waals surface area (Å²) in [4.78, 5) is 28.0. The van der Waals surface area contributed by atoms with Crippen LogP contribution in [0.25, 0.3) is 10.2 Å². The summed E-state index contributed by atoms with van der Waals surface area (Å²) in [5, 5.41) is 13.2. The van der Waals surface area contributed by atoms with Gasteiger partial charge >= 0.3 is 4.87 Å². The van der Waals surface area contributed by atoms with Crippen molar-refractivity contribution in [2.75, 3.05) is 39.9 Å². The van der Waals surface area contributed by atoms with Crippen LogP contribution in [0.1, 0.15) is 17.5 Å². The zero-order valence-electron chi connectivity index (χ0n) is 18.1. The van der Waals surface area contributed by atoms with E-state index in [1.165, 1.54) is 5.56 Å². The zero-order valence-corrected chi connectivity index (χ0v) is 19.8. The number of nitrogens with one attached hydrogen (secondary N) is 2. The molecule has 0 saturated heterocycles. The first kappa shape index (κ1) is 25.9. The average molecular weight is 480 g/mol. The molecule has 7 nitrogen and oxygen atoms in total. The minimum absolute atomic E-state index is 0. The fourth-order valence-corrected chi connectivity index (χ4v) is 4.17. The molecule has 1 aromatic heterocycles. The Morgan fingerprint density at radius 3 is 2.69 bits per heavy atom. The minimum Gasteiger partial charge on any atom is -0.506 e. The number of hydrogen-bond donors (Lipinski definition) is 3. The van der Waals surface area contributed by atoms with E-state index in [1.807, 2.05) is 24.3 Å². The number of thiazole rings is 1. The number of likely N-dealkylation sites (N-methyl/N-ethyl adjacent to an activating group) is 1. The molecule has 0 fully saturated rings. The Kier molecular flexibility index (Phi) is 10.7. The molecule has 3 N–H and O–H groups in total. The highest BCUT2D eigenvalue weighted by Gasteiger charge is 2.10. The molecule has 1 amide bonds. The Balaban J connectivity index is 0.00000363. The summed E-state index contributed by atoms with van der Waals surface area (Å²) in [6, 6.07) is 13.6. The highest BCUT2D eigenvalue weighted by molar-refractivity contribution is 7.16. The summed E-state index contributed by atoms with van der Waals surface area (Å²) in [6.07, 6.45) is 1.96. The van der Waals surface area contributed by atoms with E-state index < -0.39 is 0 Å². The number of phenols is 1. The van der Waals surface area contributed by atoms with Gasteiger partial charge in [-0.15, -0.1) is 12.4 Å². The van der Waals surface area contributed by atoms with Crippen LogP contribution < -0.4 is 10.2 Å². The van der Waals surface area contributed by atoms with E-state index in [-0.39, 0.29) is 28.9 Å². The topological polar surface area (TPSA) is 94.7 Å². The predicted molar refractivity (Wildman–Crippen MR) is 131 cm³/mol. The molecule has 0 bridgehead atoms. The maximum atomic E-state index is 12.2. The molecule has 9 heteroatoms. The largest absolute Gasteiger partial charge is 0.506 e. The van der Waals surface area contributed by atoms with Gasteiger partial charge in [0.2, 0.25) is 5.91 Å². The molecule has 0 aliphatic heterocycles. The summed E-state index contributed by atoms with van der Waals surface area (Å²) >= 11 is 1.11. The number of aromatic nitrogens is 1. The molecule has 0 saturated carbocycles. The van der Waals surface area contributed by atoms with E-state index in [2.05, 4.69) is 22.4 Å². The van der Waals surface area contributed by atoms with E-state index in [9.17, 15) is 14.7 Å². The lowest BCUT2D eigenvalue weighted by molar-refractivity contribution is -0.130. The number of rotatable bonds is 12. The van der Waals surface area contributed by atoms with Gasteiger partial charge in [-0.25, -0.2) is 0 Å². The highest BCUT2D eigenvalue weighted by atomic mass is 35.5. The predicted octanol–water partition coefficient (Wildman–Crippen LogP) is 2.96. The number of carbonyl (C=O) groups is 1. The molecule has 0 radical (unpaired) electrons. The standard InChI is InChI=1S/C23H29N3O4S.ClH/c1-26(20(28)11-16-30-15-10-17-5-3-2-4-6-17)14-13-24-12-9-18-7-8-19(27)21-22(18)31-23(29)25-21;/h2-8,24,27H,9-16H2,1H3,(H,25,29);1H. The Hall–Kier alpha value is -2.39. The third kappa shape index (κ3) is 7.63. The van der Waals surface area contributed by atoms with Gasteiger partial charge in [0, 0.05) is 20.1 Å². The SMILES string of the molecule is CN(CCNCCc1ccc(O)c2[nH]c(=O)sc12)C(=O)CCOCCc1ccccc1.Cl. The lowest BCUT2D eigenvalue weighted by Crippen LogP contribution is -2.34. The second-order valence-electron chi connectivity index (χ2n) is 7.38. The zero-order chi connectivity index (χ0) is 22.1. The second-order valence-corrected chi connectivity index (χ2v) is 8.36. The molecule has 0 aliphatic carbocycles. The van der Waals surface area contributed by atoms with E-state index >= 15 is 0 Å². The molecule has 0 spiro atoms. The van der Waals surface area contributed by atoms with Gasteiger partial charge < -0.3 is 25.0 Å². The second kappa shape index (κ2) is 13.2. The van der Waals surface area contributed by atoms with Gasteiger partial charge in [0.05, 0.1) is 24.3 Å². The summed E-state index contributed by atoms with van der Waals surface area (Å²) in [7, 11) is 1.80.